The van der Waals surface area contributed by atoms with Gasteiger partial charge in [-0.25, -0.2) is 0 Å². The van der Waals surface area contributed by atoms with Gasteiger partial charge in [-0.15, -0.1) is 0 Å². The molecule has 1 amide bonds. The molecular weight excluding hydrogens is 1010 g/mol. The Labute approximate surface area is 494 Å². The normalized spacial score (nSPS) is 19.4. The topological polar surface area (TPSA) is 175 Å². The van der Waals surface area contributed by atoms with E-state index in [-0.39, 0.29) is 19.4 Å². The van der Waals surface area contributed by atoms with Crippen LogP contribution in [0.5, 0.6) is 0 Å². The van der Waals surface area contributed by atoms with Gasteiger partial charge in [0.25, 0.3) is 0 Å². The summed E-state index contributed by atoms with van der Waals surface area (Å²) < 4.78 is 17.6. The maximum absolute atomic E-state index is 13.4. The van der Waals surface area contributed by atoms with Gasteiger partial charge in [-0.1, -0.05) is 278 Å². The molecule has 0 saturated carbocycles. The van der Waals surface area contributed by atoms with Gasteiger partial charge in [-0.2, -0.15) is 0 Å². The average Bonchev–Trinajstić information content (AvgIpc) is 3.50. The molecule has 0 radical (unpaired) electrons. The van der Waals surface area contributed by atoms with E-state index in [9.17, 15) is 35.1 Å². The average molecular weight is 1130 g/mol. The fourth-order valence-electron chi connectivity index (χ4n) is 9.62. The van der Waals surface area contributed by atoms with Crippen molar-refractivity contribution in [1.29, 1.82) is 0 Å². The minimum atomic E-state index is -1.63. The highest BCUT2D eigenvalue weighted by molar-refractivity contribution is 5.80. The molecule has 0 spiro atoms. The van der Waals surface area contributed by atoms with Crippen LogP contribution >= 0.6 is 0 Å². The Bertz CT molecular complexity index is 1730. The van der Waals surface area contributed by atoms with Crippen LogP contribution in [0.2, 0.25) is 0 Å². The number of aliphatic hydroxyl groups excluding tert-OH is 5. The van der Waals surface area contributed by atoms with Gasteiger partial charge in [0.15, 0.2) is 12.4 Å². The maximum Gasteiger partial charge on any atom is 0.306 e. The van der Waals surface area contributed by atoms with E-state index in [0.29, 0.717) is 12.8 Å². The highest BCUT2D eigenvalue weighted by Gasteiger charge is 2.47. The van der Waals surface area contributed by atoms with E-state index in [4.69, 9.17) is 14.2 Å². The second kappa shape index (κ2) is 56.8. The number of carbonyl (C=O) groups is 2. The first-order valence-electron chi connectivity index (χ1n) is 32.7. The molecule has 1 saturated heterocycles. The van der Waals surface area contributed by atoms with Gasteiger partial charge in [0.1, 0.15) is 24.4 Å². The molecule has 1 rings (SSSR count). The van der Waals surface area contributed by atoms with Crippen molar-refractivity contribution in [2.75, 3.05) is 13.2 Å². The fraction of sp³-hybridized carbons (Fsp3) is 0.714. The van der Waals surface area contributed by atoms with Crippen molar-refractivity contribution < 1.29 is 49.3 Å². The third-order valence-electron chi connectivity index (χ3n) is 14.8. The molecule has 0 aromatic rings. The highest BCUT2D eigenvalue weighted by atomic mass is 16.7. The Kier molecular flexibility index (Phi) is 52.8. The first-order valence-corrected chi connectivity index (χ1v) is 32.7. The molecule has 1 fully saturated rings. The van der Waals surface area contributed by atoms with Crippen LogP contribution in [0, 0.1) is 0 Å². The first-order chi connectivity index (χ1) is 39.7. The molecule has 1 aliphatic heterocycles. The van der Waals surface area contributed by atoms with E-state index >= 15 is 0 Å². The van der Waals surface area contributed by atoms with Crippen LogP contribution in [0.3, 0.4) is 0 Å². The van der Waals surface area contributed by atoms with Crippen molar-refractivity contribution in [2.24, 2.45) is 0 Å². The Morgan fingerprint density at radius 1 is 0.506 bits per heavy atom. The van der Waals surface area contributed by atoms with Crippen LogP contribution in [0.4, 0.5) is 0 Å². The van der Waals surface area contributed by atoms with Gasteiger partial charge in [-0.05, 0) is 83.5 Å². The molecule has 11 nitrogen and oxygen atoms in total. The largest absolute Gasteiger partial charge is 0.454 e. The number of carbonyl (C=O) groups excluding carboxylic acids is 2. The van der Waals surface area contributed by atoms with Crippen LogP contribution in [-0.2, 0) is 23.8 Å². The van der Waals surface area contributed by atoms with Crippen LogP contribution in [0.25, 0.3) is 0 Å². The summed E-state index contributed by atoms with van der Waals surface area (Å²) in [7, 11) is 0. The quantitative estimate of drug-likeness (QED) is 0.0149. The molecule has 6 N–H and O–H groups in total. The van der Waals surface area contributed by atoms with Crippen molar-refractivity contribution in [3.05, 3.63) is 109 Å². The zero-order chi connectivity index (χ0) is 58.9. The maximum atomic E-state index is 13.4. The van der Waals surface area contributed by atoms with Crippen molar-refractivity contribution in [1.82, 2.24) is 5.32 Å². The monoisotopic (exact) mass is 1130 g/mol. The zero-order valence-electron chi connectivity index (χ0n) is 51.4. The first kappa shape index (κ1) is 75.3. The molecule has 81 heavy (non-hydrogen) atoms. The molecule has 464 valence electrons. The van der Waals surface area contributed by atoms with Crippen LogP contribution < -0.4 is 5.32 Å². The third-order valence-corrected chi connectivity index (χ3v) is 14.8. The molecule has 0 bridgehead atoms. The van der Waals surface area contributed by atoms with Crippen molar-refractivity contribution in [2.45, 2.75) is 307 Å². The molecule has 11 heteroatoms. The minimum absolute atomic E-state index is 0.112. The summed E-state index contributed by atoms with van der Waals surface area (Å²) >= 11 is 0. The number of ether oxygens (including phenoxy) is 3. The van der Waals surface area contributed by atoms with E-state index in [1.807, 2.05) is 60.8 Å². The SMILES string of the molecule is CC/C=C/C=C/C=C\C=C/C=C/CCCCC(O)C(=O)NC(COC1OC(CO)C(O)C(O)C1OC(=O)CCCCCCCCCCCCCCCC/C=C\C/C=C\C/C=C\CCCCC)C(O)/C=C/CCCCCCCCCCC. The number of aliphatic hydroxyl groups is 5. The zero-order valence-corrected chi connectivity index (χ0v) is 51.4. The second-order valence-corrected chi connectivity index (χ2v) is 22.2. The van der Waals surface area contributed by atoms with Crippen molar-refractivity contribution in [3.63, 3.8) is 0 Å². The summed E-state index contributed by atoms with van der Waals surface area (Å²) in [4.78, 5) is 26.5. The third kappa shape index (κ3) is 44.5. The molecule has 1 heterocycles. The molecule has 8 unspecified atom stereocenters. The van der Waals surface area contributed by atoms with Gasteiger partial charge in [0, 0.05) is 6.42 Å². The standard InChI is InChI=1S/C70H119NO10/c1-4-7-10-13-16-19-22-24-26-27-28-29-30-31-32-33-34-35-36-37-38-40-43-46-49-52-55-58-65(75)81-68-67(77)66(76)64(59-72)80-70(68)79-60-61(62(73)56-53-50-47-44-41-21-18-15-12-9-6-3)71-69(78)63(74)57-54-51-48-45-42-39-25-23-20-17-14-11-8-5-2/h8,11,14,16-17,19-20,23-26,28-29,39,42,45,53,56,61-64,66-68,70,72-74,76-77H,4-7,9-10,12-13,15,18,21-22,27,30-38,40-41,43-44,46-52,54-55,57-60H2,1-3H3,(H,71,78)/b11-8+,17-14+,19-16-,23-20-,26-24-,29-28-,39-25-,45-42+,56-53+. The van der Waals surface area contributed by atoms with Gasteiger partial charge in [0.2, 0.25) is 5.91 Å². The predicted octanol–water partition coefficient (Wildman–Crippen LogP) is 16.1. The van der Waals surface area contributed by atoms with E-state index < -0.39 is 67.4 Å². The lowest BCUT2D eigenvalue weighted by molar-refractivity contribution is -0.305. The molecule has 0 aliphatic carbocycles. The molecule has 0 aromatic heterocycles. The summed E-state index contributed by atoms with van der Waals surface area (Å²) in [6, 6.07) is -1.05. The number of esters is 1. The molecule has 0 aromatic carbocycles. The molecule has 8 atom stereocenters. The number of hydrogen-bond acceptors (Lipinski definition) is 10. The van der Waals surface area contributed by atoms with Crippen LogP contribution in [0.15, 0.2) is 109 Å². The summed E-state index contributed by atoms with van der Waals surface area (Å²) in [6.45, 7) is 5.58. The van der Waals surface area contributed by atoms with Crippen LogP contribution in [-0.4, -0.2) is 99.6 Å². The number of rotatable bonds is 54. The van der Waals surface area contributed by atoms with E-state index in [1.54, 1.807) is 6.08 Å². The number of nitrogens with one attached hydrogen (secondary N) is 1. The van der Waals surface area contributed by atoms with Gasteiger partial charge in [-0.3, -0.25) is 9.59 Å². The lowest BCUT2D eigenvalue weighted by Gasteiger charge is -2.41. The van der Waals surface area contributed by atoms with Crippen molar-refractivity contribution >= 4 is 11.9 Å². The number of unbranched alkanes of at least 4 members (excludes halogenated alkanes) is 28. The lowest BCUT2D eigenvalue weighted by atomic mass is 9.99. The summed E-state index contributed by atoms with van der Waals surface area (Å²) in [6.07, 6.45) is 67.1. The van der Waals surface area contributed by atoms with E-state index in [0.717, 1.165) is 77.0 Å². The number of allylic oxidation sites excluding steroid dienone is 17. The van der Waals surface area contributed by atoms with E-state index in [2.05, 4.69) is 68.6 Å². The second-order valence-electron chi connectivity index (χ2n) is 22.2. The summed E-state index contributed by atoms with van der Waals surface area (Å²) in [5.74, 6) is -1.24. The smallest absolute Gasteiger partial charge is 0.306 e. The Balaban J connectivity index is 2.57. The van der Waals surface area contributed by atoms with Crippen LogP contribution in [0.1, 0.15) is 258 Å². The lowest BCUT2D eigenvalue weighted by Crippen LogP contribution is -2.61. The minimum Gasteiger partial charge on any atom is -0.454 e. The predicted molar refractivity (Wildman–Crippen MR) is 338 cm³/mol. The summed E-state index contributed by atoms with van der Waals surface area (Å²) in [5.41, 5.74) is 0. The van der Waals surface area contributed by atoms with E-state index in [1.165, 1.54) is 135 Å². The summed E-state index contributed by atoms with van der Waals surface area (Å²) in [5, 5.41) is 56.9. The van der Waals surface area contributed by atoms with Crippen molar-refractivity contribution in [3.8, 4) is 0 Å². The fourth-order valence-corrected chi connectivity index (χ4v) is 9.62. The molecule has 1 aliphatic rings. The Morgan fingerprint density at radius 2 is 0.938 bits per heavy atom. The van der Waals surface area contributed by atoms with Gasteiger partial charge < -0.3 is 45.1 Å². The highest BCUT2D eigenvalue weighted by Crippen LogP contribution is 2.26. The molecular formula is C70H119NO10. The Hall–Kier alpha value is -3.68. The van der Waals surface area contributed by atoms with Gasteiger partial charge in [0.05, 0.1) is 25.4 Å². The van der Waals surface area contributed by atoms with Gasteiger partial charge >= 0.3 is 5.97 Å². The number of amides is 1. The number of hydrogen-bond donors (Lipinski definition) is 6. The Morgan fingerprint density at radius 3 is 1.47 bits per heavy atom.